The molecule has 0 spiro atoms. The molecule has 2 amide bonds. The lowest BCUT2D eigenvalue weighted by molar-refractivity contribution is 0.0983. The monoisotopic (exact) mass is 431 g/mol. The number of carboxylic acid groups (broad SMARTS) is 1. The first-order valence-corrected chi connectivity index (χ1v) is 10.3. The Bertz CT molecular complexity index is 929. The third-order valence-electron chi connectivity index (χ3n) is 5.36. The Morgan fingerprint density at radius 3 is 2.71 bits per heavy atom. The number of anilines is 1. The van der Waals surface area contributed by atoms with Crippen LogP contribution in [0, 0.1) is 0 Å². The number of nitrogens with zero attached hydrogens (tertiary/aromatic N) is 3. The van der Waals surface area contributed by atoms with Crippen LogP contribution in [-0.2, 0) is 6.54 Å². The Morgan fingerprint density at radius 2 is 2.00 bits per heavy atom. The van der Waals surface area contributed by atoms with E-state index in [4.69, 9.17) is 20.3 Å². The molecule has 0 radical (unpaired) electrons. The van der Waals surface area contributed by atoms with Crippen LogP contribution in [0.5, 0.6) is 11.5 Å². The van der Waals surface area contributed by atoms with E-state index < -0.39 is 6.09 Å². The summed E-state index contributed by atoms with van der Waals surface area (Å²) in [5.74, 6) is 0.913. The zero-order chi connectivity index (χ0) is 22.4. The largest absolute Gasteiger partial charge is 0.493 e. The molecule has 2 heterocycles. The van der Waals surface area contributed by atoms with Crippen molar-refractivity contribution in [2.75, 3.05) is 32.2 Å². The van der Waals surface area contributed by atoms with Gasteiger partial charge in [-0.2, -0.15) is 5.10 Å². The minimum absolute atomic E-state index is 0.145. The van der Waals surface area contributed by atoms with Crippen molar-refractivity contribution in [3.63, 3.8) is 0 Å². The van der Waals surface area contributed by atoms with Crippen LogP contribution in [0.1, 0.15) is 47.8 Å². The minimum atomic E-state index is -1.01. The van der Waals surface area contributed by atoms with Gasteiger partial charge in [0.1, 0.15) is 0 Å². The molecule has 4 N–H and O–H groups in total. The maximum absolute atomic E-state index is 13.2. The van der Waals surface area contributed by atoms with Gasteiger partial charge in [0.15, 0.2) is 11.5 Å². The van der Waals surface area contributed by atoms with Gasteiger partial charge in [0.05, 0.1) is 37.8 Å². The standard InChI is InChI=1S/C21H29N5O5/c1-30-17-7-6-14(12-18(17)31-2)20(27)25-11-8-15(22)19-16(25)13-24-26(19)10-5-3-4-9-23-21(28)29/h6-7,12-13,15,23H,3-5,8-11,22H2,1-2H3,(H,28,29). The number of hydrogen-bond donors (Lipinski definition) is 3. The number of aromatic nitrogens is 2. The summed E-state index contributed by atoms with van der Waals surface area (Å²) in [5.41, 5.74) is 8.43. The third-order valence-corrected chi connectivity index (χ3v) is 5.36. The lowest BCUT2D eigenvalue weighted by atomic mass is 10.0. The van der Waals surface area contributed by atoms with Gasteiger partial charge >= 0.3 is 6.09 Å². The Morgan fingerprint density at radius 1 is 1.23 bits per heavy atom. The molecule has 1 aliphatic rings. The summed E-state index contributed by atoms with van der Waals surface area (Å²) in [5, 5.41) is 15.4. The lowest BCUT2D eigenvalue weighted by Crippen LogP contribution is -2.38. The van der Waals surface area contributed by atoms with E-state index in [1.807, 2.05) is 4.68 Å². The van der Waals surface area contributed by atoms with Crippen LogP contribution in [0.3, 0.4) is 0 Å². The van der Waals surface area contributed by atoms with Crippen LogP contribution < -0.4 is 25.4 Å². The SMILES string of the molecule is COc1ccc(C(=O)N2CCC(N)c3c2cnn3CCCCCNC(=O)O)cc1OC. The van der Waals surface area contributed by atoms with Crippen molar-refractivity contribution >= 4 is 17.7 Å². The number of ether oxygens (including phenoxy) is 2. The molecule has 1 aliphatic heterocycles. The fourth-order valence-electron chi connectivity index (χ4n) is 3.77. The summed E-state index contributed by atoms with van der Waals surface area (Å²) in [6.45, 7) is 1.60. The Kier molecular flexibility index (Phi) is 7.35. The predicted molar refractivity (Wildman–Crippen MR) is 115 cm³/mol. The van der Waals surface area contributed by atoms with Gasteiger partial charge in [-0.1, -0.05) is 0 Å². The van der Waals surface area contributed by atoms with Crippen molar-refractivity contribution in [1.29, 1.82) is 0 Å². The second kappa shape index (κ2) is 10.2. The maximum atomic E-state index is 13.2. The first-order valence-electron chi connectivity index (χ1n) is 10.3. The van der Waals surface area contributed by atoms with Crippen molar-refractivity contribution < 1.29 is 24.2 Å². The van der Waals surface area contributed by atoms with Crippen LogP contribution in [0.2, 0.25) is 0 Å². The molecule has 31 heavy (non-hydrogen) atoms. The quantitative estimate of drug-likeness (QED) is 0.519. The molecule has 1 unspecified atom stereocenters. The number of methoxy groups -OCH3 is 2. The summed E-state index contributed by atoms with van der Waals surface area (Å²) in [6.07, 6.45) is 3.78. The second-order valence-corrected chi connectivity index (χ2v) is 7.35. The zero-order valence-electron chi connectivity index (χ0n) is 17.8. The molecule has 1 aromatic carbocycles. The summed E-state index contributed by atoms with van der Waals surface area (Å²) in [4.78, 5) is 25.4. The minimum Gasteiger partial charge on any atom is -0.493 e. The number of benzene rings is 1. The molecule has 0 fully saturated rings. The highest BCUT2D eigenvalue weighted by molar-refractivity contribution is 6.07. The molecule has 1 atom stereocenters. The number of hydrogen-bond acceptors (Lipinski definition) is 6. The average Bonchev–Trinajstić information content (AvgIpc) is 3.20. The molecule has 0 saturated heterocycles. The van der Waals surface area contributed by atoms with E-state index in [9.17, 15) is 9.59 Å². The van der Waals surface area contributed by atoms with Gasteiger partial charge in [-0.25, -0.2) is 4.79 Å². The Labute approximate surface area is 180 Å². The molecule has 2 aromatic rings. The smallest absolute Gasteiger partial charge is 0.404 e. The van der Waals surface area contributed by atoms with E-state index in [2.05, 4.69) is 10.4 Å². The molecular formula is C21H29N5O5. The molecule has 0 saturated carbocycles. The number of nitrogens with two attached hydrogens (primary N) is 1. The zero-order valence-corrected chi connectivity index (χ0v) is 17.8. The predicted octanol–water partition coefficient (Wildman–Crippen LogP) is 2.39. The Balaban J connectivity index is 1.71. The number of aryl methyl sites for hydroxylation is 1. The molecule has 168 valence electrons. The lowest BCUT2D eigenvalue weighted by Gasteiger charge is -2.31. The van der Waals surface area contributed by atoms with Gasteiger partial charge in [0.2, 0.25) is 0 Å². The van der Waals surface area contributed by atoms with Crippen molar-refractivity contribution in [3.8, 4) is 11.5 Å². The molecule has 0 aliphatic carbocycles. The second-order valence-electron chi connectivity index (χ2n) is 7.35. The third kappa shape index (κ3) is 5.08. The van der Waals surface area contributed by atoms with Gasteiger partial charge in [-0.3, -0.25) is 9.48 Å². The number of unbranched alkanes of at least 4 members (excludes halogenated alkanes) is 2. The number of carbonyl (C=O) groups is 2. The van der Waals surface area contributed by atoms with Crippen molar-refractivity contribution in [2.45, 2.75) is 38.3 Å². The molecule has 10 nitrogen and oxygen atoms in total. The van der Waals surface area contributed by atoms with Gasteiger partial charge < -0.3 is 30.5 Å². The number of carbonyl (C=O) groups excluding carboxylic acids is 1. The van der Waals surface area contributed by atoms with Gasteiger partial charge in [-0.05, 0) is 43.9 Å². The number of rotatable bonds is 9. The first kappa shape index (κ1) is 22.4. The van der Waals surface area contributed by atoms with E-state index in [0.717, 1.165) is 30.6 Å². The van der Waals surface area contributed by atoms with Gasteiger partial charge in [-0.15, -0.1) is 0 Å². The fraction of sp³-hybridized carbons (Fsp3) is 0.476. The van der Waals surface area contributed by atoms with Crippen molar-refractivity contribution in [1.82, 2.24) is 15.1 Å². The van der Waals surface area contributed by atoms with Gasteiger partial charge in [0, 0.05) is 25.2 Å². The van der Waals surface area contributed by atoms with Gasteiger partial charge in [0.25, 0.3) is 5.91 Å². The van der Waals surface area contributed by atoms with Crippen LogP contribution in [-0.4, -0.2) is 54.2 Å². The van der Waals surface area contributed by atoms with E-state index in [1.54, 1.807) is 36.4 Å². The normalized spacial score (nSPS) is 15.3. The molecule has 3 rings (SSSR count). The molecule has 0 bridgehead atoms. The van der Waals surface area contributed by atoms with E-state index in [0.29, 0.717) is 43.1 Å². The molecule has 1 aromatic heterocycles. The van der Waals surface area contributed by atoms with Crippen molar-refractivity contribution in [2.24, 2.45) is 5.73 Å². The Hall–Kier alpha value is -3.27. The number of amides is 2. The van der Waals surface area contributed by atoms with E-state index in [1.165, 1.54) is 7.11 Å². The highest BCUT2D eigenvalue weighted by atomic mass is 16.5. The average molecular weight is 431 g/mol. The van der Waals surface area contributed by atoms with E-state index in [-0.39, 0.29) is 11.9 Å². The topological polar surface area (TPSA) is 132 Å². The first-order chi connectivity index (χ1) is 15.0. The highest BCUT2D eigenvalue weighted by Gasteiger charge is 2.31. The summed E-state index contributed by atoms with van der Waals surface area (Å²) < 4.78 is 12.4. The fourth-order valence-corrected chi connectivity index (χ4v) is 3.77. The van der Waals surface area contributed by atoms with Crippen molar-refractivity contribution in [3.05, 3.63) is 35.7 Å². The molecular weight excluding hydrogens is 402 g/mol. The van der Waals surface area contributed by atoms with Crippen LogP contribution in [0.15, 0.2) is 24.4 Å². The van der Waals surface area contributed by atoms with Crippen LogP contribution in [0.4, 0.5) is 10.5 Å². The highest BCUT2D eigenvalue weighted by Crippen LogP contribution is 2.35. The van der Waals surface area contributed by atoms with Crippen LogP contribution >= 0.6 is 0 Å². The summed E-state index contributed by atoms with van der Waals surface area (Å²) in [6, 6.07) is 4.91. The maximum Gasteiger partial charge on any atom is 0.404 e. The van der Waals surface area contributed by atoms with E-state index >= 15 is 0 Å². The number of nitrogens with one attached hydrogen (secondary N) is 1. The number of fused-ring (bicyclic) bond motifs is 1. The summed E-state index contributed by atoms with van der Waals surface area (Å²) >= 11 is 0. The molecule has 10 heteroatoms. The van der Waals surface area contributed by atoms with Crippen LogP contribution in [0.25, 0.3) is 0 Å². The summed E-state index contributed by atoms with van der Waals surface area (Å²) in [7, 11) is 3.08.